The van der Waals surface area contributed by atoms with Crippen molar-refractivity contribution in [3.63, 3.8) is 0 Å². The number of piperazine rings is 1. The normalized spacial score (nSPS) is 15.5. The zero-order valence-corrected chi connectivity index (χ0v) is 20.9. The molecular formula is C29H28N6O2. The number of hydrogen-bond acceptors (Lipinski definition) is 5. The molecule has 4 heterocycles. The molecule has 8 nitrogen and oxygen atoms in total. The van der Waals surface area contributed by atoms with Crippen molar-refractivity contribution in [3.8, 4) is 11.3 Å². The Balaban J connectivity index is 1.20. The van der Waals surface area contributed by atoms with Gasteiger partial charge in [-0.3, -0.25) is 18.9 Å². The molecule has 8 heteroatoms. The minimum atomic E-state index is -0.199. The summed E-state index contributed by atoms with van der Waals surface area (Å²) < 4.78 is 2.02. The number of carbonyl (C=O) groups excluding carboxylic acids is 2. The fourth-order valence-electron chi connectivity index (χ4n) is 5.04. The molecule has 2 aliphatic heterocycles. The summed E-state index contributed by atoms with van der Waals surface area (Å²) in [4.78, 5) is 37.6. The summed E-state index contributed by atoms with van der Waals surface area (Å²) >= 11 is 0. The van der Waals surface area contributed by atoms with Crippen LogP contribution in [-0.2, 0) is 0 Å². The van der Waals surface area contributed by atoms with Crippen LogP contribution in [-0.4, -0.2) is 69.4 Å². The zero-order valence-electron chi connectivity index (χ0n) is 20.9. The van der Waals surface area contributed by atoms with Gasteiger partial charge in [0, 0.05) is 67.6 Å². The molecule has 6 rings (SSSR count). The highest BCUT2D eigenvalue weighted by Gasteiger charge is 2.23. The van der Waals surface area contributed by atoms with Crippen molar-refractivity contribution < 1.29 is 9.59 Å². The Kier molecular flexibility index (Phi) is 5.81. The van der Waals surface area contributed by atoms with E-state index in [0.717, 1.165) is 60.0 Å². The summed E-state index contributed by atoms with van der Waals surface area (Å²) in [6.07, 6.45) is 5.30. The van der Waals surface area contributed by atoms with Crippen molar-refractivity contribution in [1.29, 1.82) is 0 Å². The second kappa shape index (κ2) is 9.29. The van der Waals surface area contributed by atoms with E-state index in [-0.39, 0.29) is 11.8 Å². The van der Waals surface area contributed by atoms with Crippen LogP contribution in [0, 0.1) is 0 Å². The number of hydrogen-bond donors (Lipinski definition) is 1. The van der Waals surface area contributed by atoms with Gasteiger partial charge in [-0.25, -0.2) is 9.98 Å². The van der Waals surface area contributed by atoms with Crippen molar-refractivity contribution >= 4 is 35.1 Å². The topological polar surface area (TPSA) is 82.3 Å². The number of fused-ring (bicyclic) bond motifs is 2. The molecule has 0 spiro atoms. The highest BCUT2D eigenvalue weighted by molar-refractivity contribution is 6.13. The van der Waals surface area contributed by atoms with Crippen molar-refractivity contribution in [3.05, 3.63) is 83.7 Å². The molecule has 2 aromatic heterocycles. The zero-order chi connectivity index (χ0) is 25.5. The molecule has 0 saturated carbocycles. The van der Waals surface area contributed by atoms with E-state index in [1.807, 2.05) is 70.1 Å². The van der Waals surface area contributed by atoms with Crippen LogP contribution in [0.5, 0.6) is 0 Å². The number of aliphatic imine (C=N–C) groups is 1. The average molecular weight is 493 g/mol. The van der Waals surface area contributed by atoms with E-state index in [0.29, 0.717) is 17.2 Å². The molecule has 37 heavy (non-hydrogen) atoms. The monoisotopic (exact) mass is 492 g/mol. The minimum absolute atomic E-state index is 0.0797. The van der Waals surface area contributed by atoms with Gasteiger partial charge < -0.3 is 10.2 Å². The van der Waals surface area contributed by atoms with Gasteiger partial charge in [0.15, 0.2) is 5.65 Å². The van der Waals surface area contributed by atoms with Crippen LogP contribution in [0.3, 0.4) is 0 Å². The Hall–Kier alpha value is -4.30. The largest absolute Gasteiger partial charge is 0.352 e. The molecule has 1 fully saturated rings. The second-order valence-electron chi connectivity index (χ2n) is 9.74. The van der Waals surface area contributed by atoms with Gasteiger partial charge in [0.25, 0.3) is 11.8 Å². The summed E-state index contributed by atoms with van der Waals surface area (Å²) in [5.41, 5.74) is 6.62. The van der Waals surface area contributed by atoms with E-state index in [1.54, 1.807) is 12.4 Å². The number of pyridine rings is 1. The predicted molar refractivity (Wildman–Crippen MR) is 145 cm³/mol. The van der Waals surface area contributed by atoms with Crippen molar-refractivity contribution in [1.82, 2.24) is 19.2 Å². The molecule has 2 aromatic carbocycles. The Morgan fingerprint density at radius 3 is 2.51 bits per heavy atom. The molecule has 2 amide bonds. The van der Waals surface area contributed by atoms with Gasteiger partial charge in [0.1, 0.15) is 0 Å². The average Bonchev–Trinajstić information content (AvgIpc) is 3.56. The number of carbonyl (C=O) groups is 2. The maximum atomic E-state index is 13.0. The van der Waals surface area contributed by atoms with E-state index < -0.39 is 0 Å². The van der Waals surface area contributed by atoms with Gasteiger partial charge in [0.05, 0.1) is 16.9 Å². The molecule has 4 aromatic rings. The van der Waals surface area contributed by atoms with Crippen LogP contribution in [0.1, 0.15) is 40.1 Å². The first-order valence-corrected chi connectivity index (χ1v) is 12.6. The van der Waals surface area contributed by atoms with Gasteiger partial charge in [-0.1, -0.05) is 6.07 Å². The van der Waals surface area contributed by atoms with Crippen LogP contribution in [0.4, 0.5) is 11.4 Å². The van der Waals surface area contributed by atoms with Crippen LogP contribution in [0.25, 0.3) is 16.9 Å². The van der Waals surface area contributed by atoms with Crippen molar-refractivity contribution in [2.24, 2.45) is 4.99 Å². The van der Waals surface area contributed by atoms with Gasteiger partial charge in [-0.2, -0.15) is 0 Å². The lowest BCUT2D eigenvalue weighted by Crippen LogP contribution is -2.50. The van der Waals surface area contributed by atoms with E-state index >= 15 is 0 Å². The first-order chi connectivity index (χ1) is 18.0. The van der Waals surface area contributed by atoms with Gasteiger partial charge in [0.2, 0.25) is 0 Å². The summed E-state index contributed by atoms with van der Waals surface area (Å²) in [7, 11) is 0. The maximum absolute atomic E-state index is 13.0. The Morgan fingerprint density at radius 1 is 0.973 bits per heavy atom. The molecular weight excluding hydrogens is 464 g/mol. The van der Waals surface area contributed by atoms with Gasteiger partial charge >= 0.3 is 0 Å². The molecule has 0 atom stereocenters. The third-order valence-electron chi connectivity index (χ3n) is 7.19. The van der Waals surface area contributed by atoms with E-state index in [9.17, 15) is 9.59 Å². The lowest BCUT2D eigenvalue weighted by molar-refractivity contribution is 0.0595. The number of aromatic nitrogens is 2. The molecule has 186 valence electrons. The maximum Gasteiger partial charge on any atom is 0.277 e. The highest BCUT2D eigenvalue weighted by atomic mass is 16.2. The molecule has 0 bridgehead atoms. The van der Waals surface area contributed by atoms with Crippen LogP contribution in [0.2, 0.25) is 0 Å². The molecule has 0 aliphatic carbocycles. The van der Waals surface area contributed by atoms with Crippen LogP contribution >= 0.6 is 0 Å². The molecule has 2 aliphatic rings. The third kappa shape index (κ3) is 4.29. The molecule has 0 unspecified atom stereocenters. The Labute approximate surface area is 215 Å². The van der Waals surface area contributed by atoms with Crippen molar-refractivity contribution in [2.75, 3.05) is 31.5 Å². The number of rotatable bonds is 5. The third-order valence-corrected chi connectivity index (χ3v) is 7.19. The number of nitrogens with zero attached hydrogens (tertiary/aromatic N) is 5. The number of imidazole rings is 1. The molecule has 1 saturated heterocycles. The van der Waals surface area contributed by atoms with Gasteiger partial charge in [-0.15, -0.1) is 0 Å². The minimum Gasteiger partial charge on any atom is -0.352 e. The highest BCUT2D eigenvalue weighted by Crippen LogP contribution is 2.29. The fourth-order valence-corrected chi connectivity index (χ4v) is 5.04. The van der Waals surface area contributed by atoms with E-state index in [1.165, 1.54) is 0 Å². The van der Waals surface area contributed by atoms with Gasteiger partial charge in [-0.05, 0) is 67.9 Å². The predicted octanol–water partition coefficient (Wildman–Crippen LogP) is 4.48. The summed E-state index contributed by atoms with van der Waals surface area (Å²) in [5, 5.41) is 3.44. The molecule has 1 N–H and O–H groups in total. The van der Waals surface area contributed by atoms with Crippen molar-refractivity contribution in [2.45, 2.75) is 19.9 Å². The second-order valence-corrected chi connectivity index (χ2v) is 9.74. The number of nitrogens with one attached hydrogen (secondary N) is 1. The van der Waals surface area contributed by atoms with E-state index in [2.05, 4.69) is 34.0 Å². The number of amides is 2. The first-order valence-electron chi connectivity index (χ1n) is 12.6. The number of anilines is 2. The fraction of sp³-hybridized carbons (Fsp3) is 0.241. The summed E-state index contributed by atoms with van der Waals surface area (Å²) in [6.45, 7) is 7.73. The summed E-state index contributed by atoms with van der Waals surface area (Å²) in [6, 6.07) is 17.9. The number of benzene rings is 2. The SMILES string of the molecule is CC(C)N1CCN(C(=O)c2ccc(Nc3ccc(-c4ccc5c(c4)C=NC5=O)n4ccnc34)cc2)CC1. The Bertz CT molecular complexity index is 1530. The van der Waals surface area contributed by atoms with Crippen LogP contribution < -0.4 is 5.32 Å². The lowest BCUT2D eigenvalue weighted by atomic mass is 10.0. The van der Waals surface area contributed by atoms with E-state index in [4.69, 9.17) is 0 Å². The van der Waals surface area contributed by atoms with Crippen LogP contribution in [0.15, 0.2) is 72.0 Å². The summed E-state index contributed by atoms with van der Waals surface area (Å²) in [5.74, 6) is -0.119. The smallest absolute Gasteiger partial charge is 0.277 e. The lowest BCUT2D eigenvalue weighted by Gasteiger charge is -2.37. The standard InChI is InChI=1S/C29H28N6O2/c1-19(2)33-13-15-34(16-14-33)29(37)20-3-6-23(7-4-20)32-25-9-10-26(35-12-11-30-27(25)35)21-5-8-24-22(17-21)18-31-28(24)36/h3-12,17-19,32H,13-16H2,1-2H3. The molecule has 0 radical (unpaired) electrons. The Morgan fingerprint density at radius 2 is 1.76 bits per heavy atom. The quantitative estimate of drug-likeness (QED) is 0.444. The first kappa shape index (κ1) is 23.1.